The number of nitrogens with one attached hydrogen (secondary N) is 2. The standard InChI is InChI=1S/C33H38N4O4/c1-4-23-9-12-26(13-10-23)35-33(39)37(27-14-15-27)22-32(38)36(21-24-11-16-30(40-2)31(19-24)41-3)18-17-25-20-34-29-8-6-5-7-28(25)29/h5-13,16,19-20,27,34H,4,14-15,17-18,21-22H2,1-3H3,(H,35,39). The highest BCUT2D eigenvalue weighted by Gasteiger charge is 2.35. The fourth-order valence-corrected chi connectivity index (χ4v) is 5.10. The van der Waals surface area contributed by atoms with E-state index in [4.69, 9.17) is 9.47 Å². The molecule has 0 saturated heterocycles. The van der Waals surface area contributed by atoms with Gasteiger partial charge in [0.2, 0.25) is 5.91 Å². The summed E-state index contributed by atoms with van der Waals surface area (Å²) in [5.74, 6) is 1.15. The maximum Gasteiger partial charge on any atom is 0.322 e. The first-order chi connectivity index (χ1) is 20.0. The number of anilines is 1. The minimum Gasteiger partial charge on any atom is -0.493 e. The number of hydrogen-bond donors (Lipinski definition) is 2. The number of rotatable bonds is 12. The van der Waals surface area contributed by atoms with Crippen molar-refractivity contribution in [3.05, 3.63) is 89.6 Å². The van der Waals surface area contributed by atoms with Crippen molar-refractivity contribution in [1.82, 2.24) is 14.8 Å². The molecule has 0 aliphatic heterocycles. The molecule has 1 saturated carbocycles. The zero-order valence-corrected chi connectivity index (χ0v) is 24.0. The quantitative estimate of drug-likeness (QED) is 0.224. The van der Waals surface area contributed by atoms with Gasteiger partial charge in [-0.1, -0.05) is 43.3 Å². The molecule has 8 heteroatoms. The van der Waals surface area contributed by atoms with Crippen LogP contribution < -0.4 is 14.8 Å². The molecular formula is C33H38N4O4. The van der Waals surface area contributed by atoms with Gasteiger partial charge in [-0.3, -0.25) is 4.79 Å². The van der Waals surface area contributed by atoms with Gasteiger partial charge < -0.3 is 29.6 Å². The van der Waals surface area contributed by atoms with E-state index in [-0.39, 0.29) is 24.5 Å². The highest BCUT2D eigenvalue weighted by molar-refractivity contribution is 5.93. The van der Waals surface area contributed by atoms with Crippen molar-refractivity contribution in [2.75, 3.05) is 32.6 Å². The Hall–Kier alpha value is -4.46. The molecule has 1 fully saturated rings. The summed E-state index contributed by atoms with van der Waals surface area (Å²) in [7, 11) is 3.20. The maximum atomic E-state index is 13.9. The second-order valence-corrected chi connectivity index (χ2v) is 10.5. The molecule has 8 nitrogen and oxygen atoms in total. The number of aryl methyl sites for hydroxylation is 1. The largest absolute Gasteiger partial charge is 0.493 e. The lowest BCUT2D eigenvalue weighted by molar-refractivity contribution is -0.132. The van der Waals surface area contributed by atoms with Crippen LogP contribution >= 0.6 is 0 Å². The third-order valence-electron chi connectivity index (χ3n) is 7.67. The highest BCUT2D eigenvalue weighted by atomic mass is 16.5. The minimum atomic E-state index is -0.243. The monoisotopic (exact) mass is 554 g/mol. The van der Waals surface area contributed by atoms with E-state index in [0.29, 0.717) is 31.0 Å². The second-order valence-electron chi connectivity index (χ2n) is 10.5. The Balaban J connectivity index is 1.34. The molecule has 2 N–H and O–H groups in total. The van der Waals surface area contributed by atoms with Gasteiger partial charge in [0.1, 0.15) is 6.54 Å². The zero-order chi connectivity index (χ0) is 28.8. The topological polar surface area (TPSA) is 86.9 Å². The average Bonchev–Trinajstić information content (AvgIpc) is 3.77. The van der Waals surface area contributed by atoms with E-state index in [2.05, 4.69) is 23.3 Å². The fourth-order valence-electron chi connectivity index (χ4n) is 5.10. The van der Waals surface area contributed by atoms with E-state index >= 15 is 0 Å². The van der Waals surface area contributed by atoms with Crippen LogP contribution in [0.1, 0.15) is 36.5 Å². The molecule has 3 amide bonds. The van der Waals surface area contributed by atoms with Crippen LogP contribution in [-0.2, 0) is 24.2 Å². The first kappa shape index (κ1) is 28.1. The van der Waals surface area contributed by atoms with E-state index in [1.165, 1.54) is 5.56 Å². The van der Waals surface area contributed by atoms with Crippen molar-refractivity contribution in [2.45, 2.75) is 45.2 Å². The minimum absolute atomic E-state index is 0.0186. The van der Waals surface area contributed by atoms with Crippen LogP contribution in [0.15, 0.2) is 72.9 Å². The number of benzene rings is 3. The van der Waals surface area contributed by atoms with Crippen molar-refractivity contribution in [3.63, 3.8) is 0 Å². The second kappa shape index (κ2) is 12.8. The smallest absolute Gasteiger partial charge is 0.322 e. The van der Waals surface area contributed by atoms with Crippen molar-refractivity contribution < 1.29 is 19.1 Å². The van der Waals surface area contributed by atoms with Gasteiger partial charge in [0.25, 0.3) is 0 Å². The van der Waals surface area contributed by atoms with Gasteiger partial charge in [-0.05, 0) is 72.7 Å². The predicted octanol–water partition coefficient (Wildman–Crippen LogP) is 6.02. The van der Waals surface area contributed by atoms with Crippen LogP contribution in [0.4, 0.5) is 10.5 Å². The number of aromatic nitrogens is 1. The third-order valence-corrected chi connectivity index (χ3v) is 7.67. The lowest BCUT2D eigenvalue weighted by Crippen LogP contribution is -2.45. The molecule has 214 valence electrons. The SMILES string of the molecule is CCc1ccc(NC(=O)N(CC(=O)N(CCc2c[nH]c3ccccc23)Cc2ccc(OC)c(OC)c2)C2CC2)cc1. The number of urea groups is 1. The number of H-pyrrole nitrogens is 1. The summed E-state index contributed by atoms with van der Waals surface area (Å²) in [6.45, 7) is 3.01. The van der Waals surface area contributed by atoms with E-state index < -0.39 is 0 Å². The number of carbonyl (C=O) groups excluding carboxylic acids is 2. The van der Waals surface area contributed by atoms with Crippen LogP contribution in [0.3, 0.4) is 0 Å². The Kier molecular flexibility index (Phi) is 8.77. The van der Waals surface area contributed by atoms with Gasteiger partial charge in [-0.25, -0.2) is 4.79 Å². The van der Waals surface area contributed by atoms with Gasteiger partial charge in [0, 0.05) is 41.9 Å². The van der Waals surface area contributed by atoms with Gasteiger partial charge >= 0.3 is 6.03 Å². The molecule has 3 aromatic carbocycles. The van der Waals surface area contributed by atoms with Crippen LogP contribution in [-0.4, -0.2) is 60.1 Å². The third kappa shape index (κ3) is 6.82. The first-order valence-corrected chi connectivity index (χ1v) is 14.2. The average molecular weight is 555 g/mol. The van der Waals surface area contributed by atoms with Crippen LogP contribution in [0.5, 0.6) is 11.5 Å². The number of nitrogens with zero attached hydrogens (tertiary/aromatic N) is 2. The number of ether oxygens (including phenoxy) is 2. The molecule has 1 aromatic heterocycles. The number of carbonyl (C=O) groups is 2. The first-order valence-electron chi connectivity index (χ1n) is 14.2. The summed E-state index contributed by atoms with van der Waals surface area (Å²) < 4.78 is 10.9. The number of para-hydroxylation sites is 1. The van der Waals surface area contributed by atoms with E-state index in [1.54, 1.807) is 19.1 Å². The zero-order valence-electron chi connectivity index (χ0n) is 24.0. The summed E-state index contributed by atoms with van der Waals surface area (Å²) in [5.41, 5.74) is 5.08. The van der Waals surface area contributed by atoms with Crippen molar-refractivity contribution >= 4 is 28.5 Å². The molecule has 4 aromatic rings. The predicted molar refractivity (Wildman–Crippen MR) is 162 cm³/mol. The number of hydrogen-bond acceptors (Lipinski definition) is 4. The maximum absolute atomic E-state index is 13.9. The van der Waals surface area contributed by atoms with Gasteiger partial charge in [-0.2, -0.15) is 0 Å². The molecule has 0 bridgehead atoms. The Morgan fingerprint density at radius 2 is 1.68 bits per heavy atom. The van der Waals surface area contributed by atoms with Crippen molar-refractivity contribution in [2.24, 2.45) is 0 Å². The summed E-state index contributed by atoms with van der Waals surface area (Å²) in [4.78, 5) is 34.0. The highest BCUT2D eigenvalue weighted by Crippen LogP contribution is 2.30. The fraction of sp³-hybridized carbons (Fsp3) is 0.333. The lowest BCUT2D eigenvalue weighted by atomic mass is 10.1. The van der Waals surface area contributed by atoms with Crippen LogP contribution in [0, 0.1) is 0 Å². The van der Waals surface area contributed by atoms with Crippen molar-refractivity contribution in [1.29, 1.82) is 0 Å². The van der Waals surface area contributed by atoms with Crippen LogP contribution in [0.2, 0.25) is 0 Å². The number of aromatic amines is 1. The molecule has 0 atom stereocenters. The molecule has 1 aliphatic carbocycles. The Morgan fingerprint density at radius 1 is 0.951 bits per heavy atom. The summed E-state index contributed by atoms with van der Waals surface area (Å²) >= 11 is 0. The van der Waals surface area contributed by atoms with Crippen LogP contribution in [0.25, 0.3) is 10.9 Å². The van der Waals surface area contributed by atoms with Gasteiger partial charge in [0.05, 0.1) is 14.2 Å². The number of methoxy groups -OCH3 is 2. The molecule has 1 aliphatic rings. The molecule has 0 unspecified atom stereocenters. The molecular weight excluding hydrogens is 516 g/mol. The number of amides is 3. The van der Waals surface area contributed by atoms with E-state index in [1.807, 2.05) is 71.8 Å². The molecule has 1 heterocycles. The van der Waals surface area contributed by atoms with E-state index in [9.17, 15) is 9.59 Å². The van der Waals surface area contributed by atoms with E-state index in [0.717, 1.165) is 47.0 Å². The summed E-state index contributed by atoms with van der Waals surface area (Å²) in [6, 6.07) is 21.5. The molecule has 5 rings (SSSR count). The normalized spacial score (nSPS) is 12.7. The summed E-state index contributed by atoms with van der Waals surface area (Å²) in [5, 5.41) is 4.14. The summed E-state index contributed by atoms with van der Waals surface area (Å²) in [6.07, 6.45) is 5.44. The van der Waals surface area contributed by atoms with Gasteiger partial charge in [0.15, 0.2) is 11.5 Å². The molecule has 0 radical (unpaired) electrons. The lowest BCUT2D eigenvalue weighted by Gasteiger charge is -2.28. The Labute approximate surface area is 241 Å². The molecule has 41 heavy (non-hydrogen) atoms. The molecule has 0 spiro atoms. The Morgan fingerprint density at radius 3 is 2.39 bits per heavy atom. The van der Waals surface area contributed by atoms with Gasteiger partial charge in [-0.15, -0.1) is 0 Å². The number of fused-ring (bicyclic) bond motifs is 1. The Bertz CT molecular complexity index is 1490. The van der Waals surface area contributed by atoms with Crippen molar-refractivity contribution in [3.8, 4) is 11.5 Å².